The van der Waals surface area contributed by atoms with Gasteiger partial charge >= 0.3 is 0 Å². The highest BCUT2D eigenvalue weighted by atomic mass is 16.3. The van der Waals surface area contributed by atoms with E-state index in [0.29, 0.717) is 0 Å². The minimum Gasteiger partial charge on any atom is -0.428 e. The number of carbonyl (C=O) groups excluding carboxylic acids is 1. The van der Waals surface area contributed by atoms with E-state index in [1.807, 2.05) is 30.3 Å². The second-order valence-electron chi connectivity index (χ2n) is 3.17. The van der Waals surface area contributed by atoms with Gasteiger partial charge in [-0.05, 0) is 11.6 Å². The highest BCUT2D eigenvalue weighted by Crippen LogP contribution is 2.10. The largest absolute Gasteiger partial charge is 0.428 e. The predicted molar refractivity (Wildman–Crippen MR) is 60.7 cm³/mol. The molecule has 0 spiro atoms. The zero-order chi connectivity index (χ0) is 11.4. The monoisotopic (exact) mass is 214 g/mol. The summed E-state index contributed by atoms with van der Waals surface area (Å²) >= 11 is 0. The van der Waals surface area contributed by atoms with E-state index in [4.69, 9.17) is 10.2 Å². The van der Waals surface area contributed by atoms with Crippen molar-refractivity contribution < 1.29 is 9.21 Å². The maximum Gasteiger partial charge on any atom is 0.222 e. The van der Waals surface area contributed by atoms with E-state index in [2.05, 4.69) is 4.98 Å². The van der Waals surface area contributed by atoms with Gasteiger partial charge in [-0.1, -0.05) is 36.4 Å². The van der Waals surface area contributed by atoms with Gasteiger partial charge in [0.2, 0.25) is 11.7 Å². The van der Waals surface area contributed by atoms with Crippen LogP contribution < -0.4 is 5.73 Å². The summed E-state index contributed by atoms with van der Waals surface area (Å²) < 4.78 is 4.75. The van der Waals surface area contributed by atoms with E-state index >= 15 is 0 Å². The summed E-state index contributed by atoms with van der Waals surface area (Å²) in [5, 5.41) is 0. The number of ketones is 1. The molecule has 0 aliphatic carbocycles. The minimum atomic E-state index is -0.268. The van der Waals surface area contributed by atoms with Gasteiger partial charge in [0.25, 0.3) is 0 Å². The first kappa shape index (κ1) is 10.2. The molecule has 0 aliphatic heterocycles. The second-order valence-corrected chi connectivity index (χ2v) is 3.17. The van der Waals surface area contributed by atoms with Crippen LogP contribution in [0, 0.1) is 0 Å². The van der Waals surface area contributed by atoms with Crippen molar-refractivity contribution in [3.8, 4) is 0 Å². The molecule has 0 radical (unpaired) electrons. The van der Waals surface area contributed by atoms with Crippen molar-refractivity contribution in [2.45, 2.75) is 0 Å². The Kier molecular flexibility index (Phi) is 2.82. The molecule has 1 aromatic carbocycles. The Morgan fingerprint density at radius 3 is 2.69 bits per heavy atom. The summed E-state index contributed by atoms with van der Waals surface area (Å²) in [5.74, 6) is -0.224. The molecule has 1 aromatic heterocycles. The molecule has 0 unspecified atom stereocenters. The Morgan fingerprint density at radius 1 is 1.31 bits per heavy atom. The van der Waals surface area contributed by atoms with Crippen LogP contribution in [0.4, 0.5) is 5.88 Å². The molecule has 0 fully saturated rings. The fraction of sp³-hybridized carbons (Fsp3) is 0. The SMILES string of the molecule is Nc1ocnc1C(=O)/C=C/c1ccccc1. The molecule has 2 rings (SSSR count). The van der Waals surface area contributed by atoms with E-state index in [0.717, 1.165) is 12.0 Å². The number of allylic oxidation sites excluding steroid dienone is 1. The lowest BCUT2D eigenvalue weighted by atomic mass is 10.2. The van der Waals surface area contributed by atoms with Crippen LogP contribution in [0.5, 0.6) is 0 Å². The first-order valence-electron chi connectivity index (χ1n) is 4.74. The molecular formula is C12H10N2O2. The number of hydrogen-bond acceptors (Lipinski definition) is 4. The molecule has 0 amide bonds. The quantitative estimate of drug-likeness (QED) is 0.627. The van der Waals surface area contributed by atoms with Crippen LogP contribution in [-0.2, 0) is 0 Å². The van der Waals surface area contributed by atoms with Gasteiger partial charge in [0.1, 0.15) is 0 Å². The van der Waals surface area contributed by atoms with E-state index in [-0.39, 0.29) is 17.4 Å². The summed E-state index contributed by atoms with van der Waals surface area (Å²) in [5.41, 5.74) is 6.51. The van der Waals surface area contributed by atoms with Crippen LogP contribution in [0.25, 0.3) is 6.08 Å². The Hall–Kier alpha value is -2.36. The van der Waals surface area contributed by atoms with Crippen LogP contribution in [0.3, 0.4) is 0 Å². The molecule has 2 aromatic rings. The van der Waals surface area contributed by atoms with E-state index in [9.17, 15) is 4.79 Å². The molecule has 4 nitrogen and oxygen atoms in total. The summed E-state index contributed by atoms with van der Waals surface area (Å²) in [6.45, 7) is 0. The molecule has 0 bridgehead atoms. The molecule has 80 valence electrons. The second kappa shape index (κ2) is 4.44. The summed E-state index contributed by atoms with van der Waals surface area (Å²) in [7, 11) is 0. The molecule has 4 heteroatoms. The number of anilines is 1. The van der Waals surface area contributed by atoms with Gasteiger partial charge in [-0.15, -0.1) is 0 Å². The van der Waals surface area contributed by atoms with Gasteiger partial charge < -0.3 is 10.2 Å². The number of aromatic nitrogens is 1. The van der Waals surface area contributed by atoms with E-state index in [1.54, 1.807) is 6.08 Å². The molecule has 2 N–H and O–H groups in total. The number of oxazole rings is 1. The third-order valence-corrected chi connectivity index (χ3v) is 2.05. The lowest BCUT2D eigenvalue weighted by molar-refractivity contribution is 0.104. The van der Waals surface area contributed by atoms with Crippen molar-refractivity contribution in [1.29, 1.82) is 0 Å². The number of hydrogen-bond donors (Lipinski definition) is 1. The van der Waals surface area contributed by atoms with Crippen LogP contribution in [0.15, 0.2) is 47.2 Å². The predicted octanol–water partition coefficient (Wildman–Crippen LogP) is 2.15. The van der Waals surface area contributed by atoms with Crippen LogP contribution in [-0.4, -0.2) is 10.8 Å². The third kappa shape index (κ3) is 2.17. The Bertz CT molecular complexity index is 515. The van der Waals surface area contributed by atoms with Crippen molar-refractivity contribution in [3.63, 3.8) is 0 Å². The van der Waals surface area contributed by atoms with Gasteiger partial charge in [0.05, 0.1) is 0 Å². The maximum atomic E-state index is 11.6. The van der Waals surface area contributed by atoms with Crippen molar-refractivity contribution in [2.75, 3.05) is 5.73 Å². The van der Waals surface area contributed by atoms with Crippen LogP contribution in [0.1, 0.15) is 16.1 Å². The van der Waals surface area contributed by atoms with Crippen LogP contribution >= 0.6 is 0 Å². The Morgan fingerprint density at radius 2 is 2.06 bits per heavy atom. The number of carbonyl (C=O) groups is 1. The molecule has 0 atom stereocenters. The molecule has 16 heavy (non-hydrogen) atoms. The summed E-state index contributed by atoms with van der Waals surface area (Å²) in [4.78, 5) is 15.3. The normalized spacial score (nSPS) is 10.8. The zero-order valence-corrected chi connectivity index (χ0v) is 8.46. The standard InChI is InChI=1S/C12H10N2O2/c13-12-11(14-8-16-12)10(15)7-6-9-4-2-1-3-5-9/h1-8H,13H2/b7-6+. The fourth-order valence-electron chi connectivity index (χ4n) is 1.26. The Labute approximate surface area is 92.4 Å². The highest BCUT2D eigenvalue weighted by Gasteiger charge is 2.10. The Balaban J connectivity index is 2.15. The van der Waals surface area contributed by atoms with Crippen LogP contribution in [0.2, 0.25) is 0 Å². The maximum absolute atomic E-state index is 11.6. The van der Waals surface area contributed by atoms with E-state index in [1.165, 1.54) is 6.08 Å². The van der Waals surface area contributed by atoms with Gasteiger partial charge in [-0.3, -0.25) is 4.79 Å². The third-order valence-electron chi connectivity index (χ3n) is 2.05. The number of nitrogens with zero attached hydrogens (tertiary/aromatic N) is 1. The highest BCUT2D eigenvalue weighted by molar-refractivity contribution is 6.07. The number of nitrogens with two attached hydrogens (primary N) is 1. The molecular weight excluding hydrogens is 204 g/mol. The topological polar surface area (TPSA) is 69.1 Å². The first-order valence-corrected chi connectivity index (χ1v) is 4.74. The minimum absolute atomic E-state index is 0.0442. The van der Waals surface area contributed by atoms with Gasteiger partial charge in [-0.25, -0.2) is 4.98 Å². The molecule has 1 heterocycles. The average molecular weight is 214 g/mol. The van der Waals surface area contributed by atoms with Crippen molar-refractivity contribution in [3.05, 3.63) is 54.1 Å². The number of rotatable bonds is 3. The molecule has 0 saturated carbocycles. The number of benzene rings is 1. The smallest absolute Gasteiger partial charge is 0.222 e. The van der Waals surface area contributed by atoms with E-state index < -0.39 is 0 Å². The summed E-state index contributed by atoms with van der Waals surface area (Å²) in [6.07, 6.45) is 4.28. The average Bonchev–Trinajstić information content (AvgIpc) is 2.74. The number of nitrogen functional groups attached to an aromatic ring is 1. The van der Waals surface area contributed by atoms with Crippen molar-refractivity contribution in [2.24, 2.45) is 0 Å². The lowest BCUT2D eigenvalue weighted by Crippen LogP contribution is -1.99. The van der Waals surface area contributed by atoms with Gasteiger partial charge in [0.15, 0.2) is 12.1 Å². The fourth-order valence-corrected chi connectivity index (χ4v) is 1.26. The molecule has 0 aliphatic rings. The molecule has 0 saturated heterocycles. The summed E-state index contributed by atoms with van der Waals surface area (Å²) in [6, 6.07) is 9.50. The van der Waals surface area contributed by atoms with Gasteiger partial charge in [0, 0.05) is 0 Å². The van der Waals surface area contributed by atoms with Crippen molar-refractivity contribution >= 4 is 17.7 Å². The first-order chi connectivity index (χ1) is 7.77. The zero-order valence-electron chi connectivity index (χ0n) is 8.46. The lowest BCUT2D eigenvalue weighted by Gasteiger charge is -1.91. The van der Waals surface area contributed by atoms with Crippen molar-refractivity contribution in [1.82, 2.24) is 4.98 Å². The van der Waals surface area contributed by atoms with Gasteiger partial charge in [-0.2, -0.15) is 0 Å².